The van der Waals surface area contributed by atoms with Gasteiger partial charge in [0.05, 0.1) is 0 Å². The van der Waals surface area contributed by atoms with E-state index in [1.54, 1.807) is 0 Å². The quantitative estimate of drug-likeness (QED) is 0.175. The summed E-state index contributed by atoms with van der Waals surface area (Å²) >= 11 is 0. The van der Waals surface area contributed by atoms with Gasteiger partial charge in [0.25, 0.3) is 0 Å². The van der Waals surface area contributed by atoms with Crippen molar-refractivity contribution >= 4 is 32.3 Å². The SMILES string of the molecule is c1ccc(-c2cccc(-c3nc(-c4cccc(-c5ccc6cc(-c7cccc8ccccc78)ccc6c5)c4)nc(-c4cccc5ccccc45)n3)c2)cc1. The van der Waals surface area contributed by atoms with Crippen molar-refractivity contribution in [3.05, 3.63) is 200 Å². The van der Waals surface area contributed by atoms with Crippen LogP contribution in [0.4, 0.5) is 0 Å². The van der Waals surface area contributed by atoms with Gasteiger partial charge in [-0.3, -0.25) is 0 Å². The van der Waals surface area contributed by atoms with E-state index in [1.165, 1.54) is 32.7 Å². The van der Waals surface area contributed by atoms with E-state index < -0.39 is 0 Å². The van der Waals surface area contributed by atoms with E-state index >= 15 is 0 Å². The average Bonchev–Trinajstić information content (AvgIpc) is 3.26. The normalized spacial score (nSPS) is 11.3. The Morgan fingerprint density at radius 2 is 0.648 bits per heavy atom. The largest absolute Gasteiger partial charge is 0.208 e. The Balaban J connectivity index is 1.07. The number of aromatic nitrogens is 3. The van der Waals surface area contributed by atoms with Gasteiger partial charge in [0.1, 0.15) is 0 Å². The molecule has 0 N–H and O–H groups in total. The third-order valence-electron chi connectivity index (χ3n) is 10.3. The molecule has 0 saturated carbocycles. The van der Waals surface area contributed by atoms with Crippen LogP contribution in [0.2, 0.25) is 0 Å². The number of fused-ring (bicyclic) bond motifs is 3. The van der Waals surface area contributed by atoms with E-state index in [1.807, 2.05) is 6.07 Å². The first-order chi connectivity index (χ1) is 26.7. The lowest BCUT2D eigenvalue weighted by atomic mass is 9.94. The van der Waals surface area contributed by atoms with E-state index in [-0.39, 0.29) is 0 Å². The summed E-state index contributed by atoms with van der Waals surface area (Å²) in [7, 11) is 0. The third kappa shape index (κ3) is 5.88. The summed E-state index contributed by atoms with van der Waals surface area (Å²) < 4.78 is 0. The van der Waals surface area contributed by atoms with Crippen molar-refractivity contribution in [2.24, 2.45) is 0 Å². The van der Waals surface area contributed by atoms with Gasteiger partial charge in [-0.15, -0.1) is 0 Å². The lowest BCUT2D eigenvalue weighted by Gasteiger charge is -2.12. The summed E-state index contributed by atoms with van der Waals surface area (Å²) in [5.41, 5.74) is 9.83. The highest BCUT2D eigenvalue weighted by molar-refractivity contribution is 6.00. The van der Waals surface area contributed by atoms with Crippen molar-refractivity contribution in [2.75, 3.05) is 0 Å². The molecule has 0 atom stereocenters. The molecule has 9 aromatic carbocycles. The second-order valence-corrected chi connectivity index (χ2v) is 13.7. The lowest BCUT2D eigenvalue weighted by Crippen LogP contribution is -2.01. The molecule has 0 radical (unpaired) electrons. The lowest BCUT2D eigenvalue weighted by molar-refractivity contribution is 1.08. The Labute approximate surface area is 313 Å². The molecule has 1 heterocycles. The molecule has 0 aliphatic carbocycles. The van der Waals surface area contributed by atoms with Crippen LogP contribution in [-0.2, 0) is 0 Å². The molecule has 0 spiro atoms. The Morgan fingerprint density at radius 3 is 1.31 bits per heavy atom. The van der Waals surface area contributed by atoms with Crippen LogP contribution in [0.5, 0.6) is 0 Å². The summed E-state index contributed by atoms with van der Waals surface area (Å²) in [6, 6.07) is 70.7. The Morgan fingerprint density at radius 1 is 0.222 bits per heavy atom. The summed E-state index contributed by atoms with van der Waals surface area (Å²) in [5, 5.41) is 7.17. The van der Waals surface area contributed by atoms with E-state index in [0.717, 1.165) is 49.7 Å². The number of hydrogen-bond donors (Lipinski definition) is 0. The zero-order valence-corrected chi connectivity index (χ0v) is 29.4. The maximum atomic E-state index is 5.15. The molecular formula is C51H33N3. The van der Waals surface area contributed by atoms with E-state index in [0.29, 0.717) is 17.5 Å². The minimum Gasteiger partial charge on any atom is -0.208 e. The first-order valence-electron chi connectivity index (χ1n) is 18.3. The van der Waals surface area contributed by atoms with Crippen molar-refractivity contribution < 1.29 is 0 Å². The van der Waals surface area contributed by atoms with Gasteiger partial charge >= 0.3 is 0 Å². The number of benzene rings is 9. The summed E-state index contributed by atoms with van der Waals surface area (Å²) in [5.74, 6) is 1.92. The van der Waals surface area contributed by atoms with Crippen LogP contribution in [0, 0.1) is 0 Å². The predicted molar refractivity (Wildman–Crippen MR) is 225 cm³/mol. The van der Waals surface area contributed by atoms with Crippen LogP contribution in [0.1, 0.15) is 0 Å². The van der Waals surface area contributed by atoms with Crippen LogP contribution in [-0.4, -0.2) is 15.0 Å². The monoisotopic (exact) mass is 687 g/mol. The zero-order chi connectivity index (χ0) is 35.8. The molecule has 3 nitrogen and oxygen atoms in total. The van der Waals surface area contributed by atoms with Crippen LogP contribution in [0.3, 0.4) is 0 Å². The predicted octanol–water partition coefficient (Wildman–Crippen LogP) is 13.3. The van der Waals surface area contributed by atoms with Crippen LogP contribution >= 0.6 is 0 Å². The molecule has 252 valence electrons. The molecular weight excluding hydrogens is 655 g/mol. The van der Waals surface area contributed by atoms with E-state index in [4.69, 9.17) is 15.0 Å². The first-order valence-corrected chi connectivity index (χ1v) is 18.3. The molecule has 0 bridgehead atoms. The van der Waals surface area contributed by atoms with E-state index in [9.17, 15) is 0 Å². The highest BCUT2D eigenvalue weighted by atomic mass is 15.0. The standard InChI is InChI=1S/C51H33N3/c1-2-12-34(13-3-1)37-18-8-20-43(32-37)49-52-50(54-51(53-49)48-25-11-17-36-15-5-7-23-46(36)48)44-21-9-19-38(33-44)39-26-27-41-31-42(29-28-40(41)30-39)47-24-10-16-35-14-4-6-22-45(35)47/h1-33H. The van der Waals surface area contributed by atoms with Gasteiger partial charge in [0, 0.05) is 16.7 Å². The van der Waals surface area contributed by atoms with Crippen molar-refractivity contribution in [3.8, 4) is 67.5 Å². The second kappa shape index (κ2) is 13.4. The molecule has 0 amide bonds. The molecule has 54 heavy (non-hydrogen) atoms. The van der Waals surface area contributed by atoms with Gasteiger partial charge in [-0.25, -0.2) is 15.0 Å². The minimum absolute atomic E-state index is 0.635. The molecule has 1 aromatic heterocycles. The van der Waals surface area contributed by atoms with Gasteiger partial charge in [-0.2, -0.15) is 0 Å². The van der Waals surface area contributed by atoms with Gasteiger partial charge < -0.3 is 0 Å². The maximum absolute atomic E-state index is 5.15. The molecule has 0 aliphatic rings. The van der Waals surface area contributed by atoms with Crippen LogP contribution < -0.4 is 0 Å². The van der Waals surface area contributed by atoms with Crippen LogP contribution in [0.25, 0.3) is 99.9 Å². The molecule has 0 fully saturated rings. The van der Waals surface area contributed by atoms with E-state index in [2.05, 4.69) is 194 Å². The minimum atomic E-state index is 0.635. The zero-order valence-electron chi connectivity index (χ0n) is 29.4. The first kappa shape index (κ1) is 31.5. The van der Waals surface area contributed by atoms with Crippen LogP contribution in [0.15, 0.2) is 200 Å². The summed E-state index contributed by atoms with van der Waals surface area (Å²) in [4.78, 5) is 15.4. The average molecular weight is 688 g/mol. The molecule has 3 heteroatoms. The summed E-state index contributed by atoms with van der Waals surface area (Å²) in [6.07, 6.45) is 0. The number of nitrogens with zero attached hydrogens (tertiary/aromatic N) is 3. The fourth-order valence-corrected chi connectivity index (χ4v) is 7.55. The molecule has 0 aliphatic heterocycles. The van der Waals surface area contributed by atoms with Crippen molar-refractivity contribution in [1.29, 1.82) is 0 Å². The third-order valence-corrected chi connectivity index (χ3v) is 10.3. The fraction of sp³-hybridized carbons (Fsp3) is 0. The smallest absolute Gasteiger partial charge is 0.164 e. The number of hydrogen-bond acceptors (Lipinski definition) is 3. The topological polar surface area (TPSA) is 38.7 Å². The summed E-state index contributed by atoms with van der Waals surface area (Å²) in [6.45, 7) is 0. The molecule has 10 aromatic rings. The van der Waals surface area contributed by atoms with Gasteiger partial charge in [0.15, 0.2) is 17.5 Å². The van der Waals surface area contributed by atoms with Gasteiger partial charge in [-0.1, -0.05) is 176 Å². The Hall–Kier alpha value is -7.23. The molecule has 0 unspecified atom stereocenters. The highest BCUT2D eigenvalue weighted by Crippen LogP contribution is 2.35. The van der Waals surface area contributed by atoms with Gasteiger partial charge in [-0.05, 0) is 90.0 Å². The fourth-order valence-electron chi connectivity index (χ4n) is 7.55. The maximum Gasteiger partial charge on any atom is 0.164 e. The van der Waals surface area contributed by atoms with Crippen molar-refractivity contribution in [1.82, 2.24) is 15.0 Å². The molecule has 0 saturated heterocycles. The Bertz CT molecular complexity index is 2990. The highest BCUT2D eigenvalue weighted by Gasteiger charge is 2.16. The molecule has 10 rings (SSSR count). The van der Waals surface area contributed by atoms with Crippen molar-refractivity contribution in [3.63, 3.8) is 0 Å². The van der Waals surface area contributed by atoms with Crippen molar-refractivity contribution in [2.45, 2.75) is 0 Å². The number of rotatable bonds is 6. The second-order valence-electron chi connectivity index (χ2n) is 13.7. The Kier molecular flexibility index (Phi) is 7.81. The van der Waals surface area contributed by atoms with Gasteiger partial charge in [0.2, 0.25) is 0 Å².